The van der Waals surface area contributed by atoms with Gasteiger partial charge in [-0.25, -0.2) is 0 Å². The molecule has 0 radical (unpaired) electrons. The Hall–Kier alpha value is -0.870. The molecule has 1 fully saturated rings. The molecular formula is C10H18N4. The van der Waals surface area contributed by atoms with Crippen LogP contribution in [0.15, 0.2) is 18.5 Å². The zero-order chi connectivity index (χ0) is 9.80. The van der Waals surface area contributed by atoms with Gasteiger partial charge in [-0.1, -0.05) is 0 Å². The van der Waals surface area contributed by atoms with Crippen LogP contribution in [0.5, 0.6) is 0 Å². The van der Waals surface area contributed by atoms with Crippen LogP contribution in [0.25, 0.3) is 0 Å². The molecule has 2 heterocycles. The monoisotopic (exact) mass is 194 g/mol. The van der Waals surface area contributed by atoms with Gasteiger partial charge in [0, 0.05) is 31.5 Å². The fourth-order valence-corrected chi connectivity index (χ4v) is 2.19. The minimum Gasteiger partial charge on any atom is -0.329 e. The lowest BCUT2D eigenvalue weighted by atomic mass is 10.2. The maximum absolute atomic E-state index is 5.58. The molecule has 0 aliphatic carbocycles. The van der Waals surface area contributed by atoms with Gasteiger partial charge in [0.2, 0.25) is 0 Å². The number of nitrogens with two attached hydrogens (primary N) is 1. The highest BCUT2D eigenvalue weighted by Gasteiger charge is 2.23. The van der Waals surface area contributed by atoms with Crippen LogP contribution in [-0.4, -0.2) is 40.4 Å². The molecule has 14 heavy (non-hydrogen) atoms. The number of rotatable bonds is 4. The largest absolute Gasteiger partial charge is 0.329 e. The van der Waals surface area contributed by atoms with Crippen LogP contribution in [-0.2, 0) is 6.54 Å². The molecule has 2 rings (SSSR count). The van der Waals surface area contributed by atoms with E-state index in [4.69, 9.17) is 5.73 Å². The number of hydrogen-bond donors (Lipinski definition) is 1. The molecule has 0 saturated carbocycles. The standard InChI is InChI=1S/C10H18N4/c11-4-8-13-6-1-3-10(13)9-14-7-2-5-12-14/h2,5,7,10H,1,3-4,6,8-9,11H2/t10-/m1/s1. The summed E-state index contributed by atoms with van der Waals surface area (Å²) >= 11 is 0. The van der Waals surface area contributed by atoms with Crippen LogP contribution >= 0.6 is 0 Å². The summed E-state index contributed by atoms with van der Waals surface area (Å²) in [6.45, 7) is 3.98. The lowest BCUT2D eigenvalue weighted by molar-refractivity contribution is 0.233. The number of hydrogen-bond acceptors (Lipinski definition) is 3. The summed E-state index contributed by atoms with van der Waals surface area (Å²) in [5.41, 5.74) is 5.58. The van der Waals surface area contributed by atoms with Crippen molar-refractivity contribution in [2.24, 2.45) is 5.73 Å². The van der Waals surface area contributed by atoms with E-state index in [9.17, 15) is 0 Å². The first-order valence-corrected chi connectivity index (χ1v) is 5.31. The third-order valence-electron chi connectivity index (χ3n) is 2.87. The van der Waals surface area contributed by atoms with Crippen LogP contribution in [0, 0.1) is 0 Å². The second-order valence-corrected chi connectivity index (χ2v) is 3.85. The van der Waals surface area contributed by atoms with Crippen molar-refractivity contribution >= 4 is 0 Å². The van der Waals surface area contributed by atoms with Crippen molar-refractivity contribution in [1.29, 1.82) is 0 Å². The highest BCUT2D eigenvalue weighted by Crippen LogP contribution is 2.17. The topological polar surface area (TPSA) is 47.1 Å². The number of likely N-dealkylation sites (tertiary alicyclic amines) is 1. The Morgan fingerprint density at radius 1 is 1.50 bits per heavy atom. The maximum Gasteiger partial charge on any atom is 0.0564 e. The van der Waals surface area contributed by atoms with E-state index in [-0.39, 0.29) is 0 Å². The summed E-state index contributed by atoms with van der Waals surface area (Å²) in [6.07, 6.45) is 6.44. The number of nitrogens with zero attached hydrogens (tertiary/aromatic N) is 3. The van der Waals surface area contributed by atoms with E-state index in [1.165, 1.54) is 19.4 Å². The van der Waals surface area contributed by atoms with E-state index in [1.54, 1.807) is 0 Å². The van der Waals surface area contributed by atoms with Crippen LogP contribution in [0.2, 0.25) is 0 Å². The van der Waals surface area contributed by atoms with E-state index in [0.717, 1.165) is 19.6 Å². The molecule has 0 amide bonds. The van der Waals surface area contributed by atoms with Gasteiger partial charge in [-0.3, -0.25) is 9.58 Å². The van der Waals surface area contributed by atoms with Gasteiger partial charge in [-0.2, -0.15) is 5.10 Å². The predicted octanol–water partition coefficient (Wildman–Crippen LogP) is 0.306. The fraction of sp³-hybridized carbons (Fsp3) is 0.700. The van der Waals surface area contributed by atoms with Gasteiger partial charge in [0.15, 0.2) is 0 Å². The fourth-order valence-electron chi connectivity index (χ4n) is 2.19. The smallest absolute Gasteiger partial charge is 0.0564 e. The molecule has 1 atom stereocenters. The van der Waals surface area contributed by atoms with Crippen molar-refractivity contribution in [2.45, 2.75) is 25.4 Å². The molecule has 4 nitrogen and oxygen atoms in total. The Kier molecular flexibility index (Phi) is 3.16. The summed E-state index contributed by atoms with van der Waals surface area (Å²) in [5, 5.41) is 4.23. The molecule has 1 aliphatic rings. The predicted molar refractivity (Wildman–Crippen MR) is 55.9 cm³/mol. The van der Waals surface area contributed by atoms with Crippen molar-refractivity contribution < 1.29 is 0 Å². The molecule has 1 aromatic heterocycles. The Labute approximate surface area is 84.7 Å². The second kappa shape index (κ2) is 4.57. The Balaban J connectivity index is 1.90. The van der Waals surface area contributed by atoms with E-state index in [2.05, 4.69) is 10.00 Å². The molecule has 4 heteroatoms. The summed E-state index contributed by atoms with van der Waals surface area (Å²) in [5.74, 6) is 0. The Morgan fingerprint density at radius 2 is 2.43 bits per heavy atom. The summed E-state index contributed by atoms with van der Waals surface area (Å²) in [4.78, 5) is 2.47. The molecule has 78 valence electrons. The van der Waals surface area contributed by atoms with Gasteiger partial charge in [0.05, 0.1) is 6.54 Å². The van der Waals surface area contributed by atoms with E-state index >= 15 is 0 Å². The molecule has 0 aromatic carbocycles. The van der Waals surface area contributed by atoms with Gasteiger partial charge < -0.3 is 5.73 Å². The molecule has 1 aliphatic heterocycles. The van der Waals surface area contributed by atoms with Crippen molar-refractivity contribution in [3.63, 3.8) is 0 Å². The zero-order valence-corrected chi connectivity index (χ0v) is 8.47. The molecule has 1 aromatic rings. The quantitative estimate of drug-likeness (QED) is 0.750. The van der Waals surface area contributed by atoms with Crippen molar-refractivity contribution in [1.82, 2.24) is 14.7 Å². The maximum atomic E-state index is 5.58. The summed E-state index contributed by atoms with van der Waals surface area (Å²) in [7, 11) is 0. The molecule has 0 spiro atoms. The van der Waals surface area contributed by atoms with Crippen LogP contribution < -0.4 is 5.73 Å². The van der Waals surface area contributed by atoms with Crippen LogP contribution in [0.1, 0.15) is 12.8 Å². The highest BCUT2D eigenvalue weighted by molar-refractivity contribution is 4.83. The average molecular weight is 194 g/mol. The normalized spacial score (nSPS) is 23.1. The minimum absolute atomic E-state index is 0.637. The average Bonchev–Trinajstić information content (AvgIpc) is 2.80. The van der Waals surface area contributed by atoms with Gasteiger partial charge in [-0.05, 0) is 25.5 Å². The molecule has 1 saturated heterocycles. The van der Waals surface area contributed by atoms with Crippen molar-refractivity contribution in [3.8, 4) is 0 Å². The van der Waals surface area contributed by atoms with Crippen LogP contribution in [0.4, 0.5) is 0 Å². The first-order valence-electron chi connectivity index (χ1n) is 5.31. The Morgan fingerprint density at radius 3 is 3.14 bits per heavy atom. The van der Waals surface area contributed by atoms with E-state index in [0.29, 0.717) is 6.04 Å². The van der Waals surface area contributed by atoms with Gasteiger partial charge in [0.25, 0.3) is 0 Å². The molecule has 0 bridgehead atoms. The summed E-state index contributed by atoms with van der Waals surface area (Å²) < 4.78 is 2.01. The van der Waals surface area contributed by atoms with Gasteiger partial charge >= 0.3 is 0 Å². The lowest BCUT2D eigenvalue weighted by Gasteiger charge is -2.23. The van der Waals surface area contributed by atoms with Crippen LogP contribution in [0.3, 0.4) is 0 Å². The summed E-state index contributed by atoms with van der Waals surface area (Å²) in [6, 6.07) is 2.61. The number of aromatic nitrogens is 2. The molecular weight excluding hydrogens is 176 g/mol. The minimum atomic E-state index is 0.637. The van der Waals surface area contributed by atoms with Crippen molar-refractivity contribution in [3.05, 3.63) is 18.5 Å². The zero-order valence-electron chi connectivity index (χ0n) is 8.47. The van der Waals surface area contributed by atoms with Crippen molar-refractivity contribution in [2.75, 3.05) is 19.6 Å². The third-order valence-corrected chi connectivity index (χ3v) is 2.87. The highest BCUT2D eigenvalue weighted by atomic mass is 15.3. The second-order valence-electron chi connectivity index (χ2n) is 3.85. The lowest BCUT2D eigenvalue weighted by Crippen LogP contribution is -2.36. The van der Waals surface area contributed by atoms with Gasteiger partial charge in [-0.15, -0.1) is 0 Å². The van der Waals surface area contributed by atoms with Gasteiger partial charge in [0.1, 0.15) is 0 Å². The molecule has 0 unspecified atom stereocenters. The molecule has 2 N–H and O–H groups in total. The first kappa shape index (κ1) is 9.68. The third kappa shape index (κ3) is 2.13. The SMILES string of the molecule is NCCN1CCC[C@@H]1Cn1cccn1. The first-order chi connectivity index (χ1) is 6.90. The van der Waals surface area contributed by atoms with E-state index < -0.39 is 0 Å². The Bertz CT molecular complexity index is 257. The van der Waals surface area contributed by atoms with E-state index in [1.807, 2.05) is 23.1 Å².